The van der Waals surface area contributed by atoms with Crippen LogP contribution >= 0.6 is 11.3 Å². The van der Waals surface area contributed by atoms with Crippen LogP contribution in [0.25, 0.3) is 0 Å². The van der Waals surface area contributed by atoms with E-state index in [1.165, 1.54) is 0 Å². The number of carbonyl (C=O) groups is 1. The maximum absolute atomic E-state index is 12.5. The predicted octanol–water partition coefficient (Wildman–Crippen LogP) is 2.18. The minimum Gasteiger partial charge on any atom is -0.393 e. The van der Waals surface area contributed by atoms with Gasteiger partial charge in [0, 0.05) is 17.5 Å². The van der Waals surface area contributed by atoms with Gasteiger partial charge in [-0.05, 0) is 43.6 Å². The molecule has 1 amide bonds. The molecule has 0 saturated carbocycles. The van der Waals surface area contributed by atoms with Gasteiger partial charge >= 0.3 is 0 Å². The Morgan fingerprint density at radius 2 is 2.00 bits per heavy atom. The molecule has 0 aliphatic carbocycles. The molecule has 1 N–H and O–H groups in total. The van der Waals surface area contributed by atoms with Gasteiger partial charge < -0.3 is 10.0 Å². The Kier molecular flexibility index (Phi) is 2.71. The van der Waals surface area contributed by atoms with Gasteiger partial charge in [-0.15, -0.1) is 0 Å². The Balaban J connectivity index is 1.86. The van der Waals surface area contributed by atoms with E-state index in [1.807, 2.05) is 22.6 Å². The molecule has 2 atom stereocenters. The number of fused-ring (bicyclic) bond motifs is 2. The normalized spacial score (nSPS) is 31.9. The van der Waals surface area contributed by atoms with Gasteiger partial charge in [0.2, 0.25) is 0 Å². The molecule has 2 aliphatic heterocycles. The van der Waals surface area contributed by atoms with Crippen molar-refractivity contribution in [2.45, 2.75) is 50.8 Å². The van der Waals surface area contributed by atoms with Crippen molar-refractivity contribution in [1.82, 2.24) is 4.90 Å². The van der Waals surface area contributed by atoms with Crippen molar-refractivity contribution in [3.63, 3.8) is 0 Å². The Morgan fingerprint density at radius 3 is 2.53 bits per heavy atom. The zero-order chi connectivity index (χ0) is 12.0. The number of amides is 1. The molecule has 2 fully saturated rings. The second-order valence-corrected chi connectivity index (χ2v) is 5.93. The van der Waals surface area contributed by atoms with Gasteiger partial charge in [-0.3, -0.25) is 4.79 Å². The van der Waals surface area contributed by atoms with Crippen LogP contribution in [0.4, 0.5) is 0 Å². The molecule has 2 aliphatic rings. The molecule has 92 valence electrons. The first kappa shape index (κ1) is 11.2. The molecular weight excluding hydrogens is 234 g/mol. The van der Waals surface area contributed by atoms with Crippen molar-refractivity contribution in [3.05, 3.63) is 21.9 Å². The van der Waals surface area contributed by atoms with E-state index in [4.69, 9.17) is 0 Å². The summed E-state index contributed by atoms with van der Waals surface area (Å²) >= 11 is 1.59. The van der Waals surface area contributed by atoms with Crippen LogP contribution in [0.3, 0.4) is 0 Å². The molecule has 1 aromatic rings. The minimum absolute atomic E-state index is 0.170. The fraction of sp³-hybridized carbons (Fsp3) is 0.615. The standard InChI is InChI=1S/C13H17NO2S/c1-8-6-17-7-12(8)13(16)14-9-2-3-10(14)5-11(15)4-9/h6-7,9-11,15H,2-5H2,1H3. The molecule has 0 radical (unpaired) electrons. The summed E-state index contributed by atoms with van der Waals surface area (Å²) in [6.45, 7) is 1.99. The Morgan fingerprint density at radius 1 is 1.35 bits per heavy atom. The first-order chi connectivity index (χ1) is 8.16. The maximum atomic E-state index is 12.5. The molecule has 3 rings (SSSR count). The molecule has 3 heterocycles. The Labute approximate surface area is 105 Å². The van der Waals surface area contributed by atoms with E-state index in [0.717, 1.165) is 36.8 Å². The monoisotopic (exact) mass is 251 g/mol. The lowest BCUT2D eigenvalue weighted by Gasteiger charge is -2.37. The molecule has 4 heteroatoms. The SMILES string of the molecule is Cc1cscc1C(=O)N1C2CCC1CC(O)C2. The second-order valence-electron chi connectivity index (χ2n) is 5.19. The second kappa shape index (κ2) is 4.10. The third-order valence-corrected chi connectivity index (χ3v) is 4.89. The fourth-order valence-electron chi connectivity index (χ4n) is 3.20. The first-order valence-corrected chi connectivity index (χ1v) is 7.14. The summed E-state index contributed by atoms with van der Waals surface area (Å²) in [5, 5.41) is 13.7. The summed E-state index contributed by atoms with van der Waals surface area (Å²) < 4.78 is 0. The van der Waals surface area contributed by atoms with Crippen LogP contribution in [-0.2, 0) is 0 Å². The van der Waals surface area contributed by atoms with E-state index in [9.17, 15) is 9.90 Å². The zero-order valence-corrected chi connectivity index (χ0v) is 10.7. The molecular formula is C13H17NO2S. The quantitative estimate of drug-likeness (QED) is 0.831. The number of thiophene rings is 1. The average molecular weight is 251 g/mol. The molecule has 3 nitrogen and oxygen atoms in total. The van der Waals surface area contributed by atoms with Crippen LogP contribution in [0.1, 0.15) is 41.6 Å². The average Bonchev–Trinajstić information content (AvgIpc) is 2.81. The summed E-state index contributed by atoms with van der Waals surface area (Å²) in [5.74, 6) is 0.170. The Hall–Kier alpha value is -0.870. The largest absolute Gasteiger partial charge is 0.393 e. The molecule has 1 aromatic heterocycles. The molecule has 2 saturated heterocycles. The lowest BCUT2D eigenvalue weighted by Crippen LogP contribution is -2.48. The van der Waals surface area contributed by atoms with Gasteiger partial charge in [0.25, 0.3) is 5.91 Å². The minimum atomic E-state index is -0.208. The van der Waals surface area contributed by atoms with E-state index in [1.54, 1.807) is 11.3 Å². The van der Waals surface area contributed by atoms with Crippen LogP contribution in [0.5, 0.6) is 0 Å². The fourth-order valence-corrected chi connectivity index (χ4v) is 4.02. The summed E-state index contributed by atoms with van der Waals surface area (Å²) in [7, 11) is 0. The number of hydrogen-bond donors (Lipinski definition) is 1. The topological polar surface area (TPSA) is 40.5 Å². The number of piperidine rings is 1. The highest BCUT2D eigenvalue weighted by Crippen LogP contribution is 2.37. The molecule has 0 aromatic carbocycles. The number of rotatable bonds is 1. The highest BCUT2D eigenvalue weighted by atomic mass is 32.1. The lowest BCUT2D eigenvalue weighted by molar-refractivity contribution is 0.0287. The van der Waals surface area contributed by atoms with Crippen molar-refractivity contribution in [2.75, 3.05) is 0 Å². The van der Waals surface area contributed by atoms with E-state index in [2.05, 4.69) is 0 Å². The van der Waals surface area contributed by atoms with Crippen molar-refractivity contribution < 1.29 is 9.90 Å². The van der Waals surface area contributed by atoms with Gasteiger partial charge in [-0.25, -0.2) is 0 Å². The number of nitrogens with zero attached hydrogens (tertiary/aromatic N) is 1. The number of aliphatic hydroxyl groups is 1. The Bertz CT molecular complexity index is 428. The lowest BCUT2D eigenvalue weighted by atomic mass is 9.98. The number of hydrogen-bond acceptors (Lipinski definition) is 3. The summed E-state index contributed by atoms with van der Waals surface area (Å²) in [6, 6.07) is 0.520. The summed E-state index contributed by atoms with van der Waals surface area (Å²) in [4.78, 5) is 14.5. The van der Waals surface area contributed by atoms with Gasteiger partial charge in [0.15, 0.2) is 0 Å². The summed E-state index contributed by atoms with van der Waals surface area (Å²) in [5.41, 5.74) is 1.92. The van der Waals surface area contributed by atoms with Crippen LogP contribution in [0, 0.1) is 6.92 Å². The van der Waals surface area contributed by atoms with Gasteiger partial charge in [-0.2, -0.15) is 11.3 Å². The maximum Gasteiger partial charge on any atom is 0.255 e. The van der Waals surface area contributed by atoms with Gasteiger partial charge in [-0.1, -0.05) is 0 Å². The summed E-state index contributed by atoms with van der Waals surface area (Å²) in [6.07, 6.45) is 3.41. The van der Waals surface area contributed by atoms with Crippen molar-refractivity contribution in [1.29, 1.82) is 0 Å². The van der Waals surface area contributed by atoms with E-state index < -0.39 is 0 Å². The van der Waals surface area contributed by atoms with E-state index >= 15 is 0 Å². The van der Waals surface area contributed by atoms with E-state index in [-0.39, 0.29) is 24.1 Å². The molecule has 17 heavy (non-hydrogen) atoms. The van der Waals surface area contributed by atoms with Crippen molar-refractivity contribution >= 4 is 17.2 Å². The van der Waals surface area contributed by atoms with Gasteiger partial charge in [0.05, 0.1) is 11.7 Å². The molecule has 2 unspecified atom stereocenters. The smallest absolute Gasteiger partial charge is 0.255 e. The van der Waals surface area contributed by atoms with Crippen LogP contribution in [0.15, 0.2) is 10.8 Å². The van der Waals surface area contributed by atoms with Gasteiger partial charge in [0.1, 0.15) is 0 Å². The van der Waals surface area contributed by atoms with Crippen molar-refractivity contribution in [3.8, 4) is 0 Å². The van der Waals surface area contributed by atoms with E-state index in [0.29, 0.717) is 0 Å². The number of carbonyl (C=O) groups excluding carboxylic acids is 1. The molecule has 0 spiro atoms. The number of aliphatic hydroxyl groups excluding tert-OH is 1. The number of aryl methyl sites for hydroxylation is 1. The third-order valence-electron chi connectivity index (χ3n) is 4.03. The third kappa shape index (κ3) is 1.79. The van der Waals surface area contributed by atoms with Crippen molar-refractivity contribution in [2.24, 2.45) is 0 Å². The van der Waals surface area contributed by atoms with Crippen LogP contribution in [0.2, 0.25) is 0 Å². The molecule has 2 bridgehead atoms. The zero-order valence-electron chi connectivity index (χ0n) is 9.93. The highest BCUT2D eigenvalue weighted by Gasteiger charge is 2.43. The predicted molar refractivity (Wildman–Crippen MR) is 67.3 cm³/mol. The van der Waals surface area contributed by atoms with Crippen LogP contribution < -0.4 is 0 Å². The highest BCUT2D eigenvalue weighted by molar-refractivity contribution is 7.08. The van der Waals surface area contributed by atoms with Crippen LogP contribution in [-0.4, -0.2) is 34.1 Å². The first-order valence-electron chi connectivity index (χ1n) is 6.20.